The number of rotatable bonds is 11. The monoisotopic (exact) mass is 520 g/mol. The van der Waals surface area contributed by atoms with Crippen LogP contribution < -0.4 is 10.6 Å². The van der Waals surface area contributed by atoms with Gasteiger partial charge in [0.15, 0.2) is 0 Å². The normalized spacial score (nSPS) is 15.6. The van der Waals surface area contributed by atoms with Gasteiger partial charge < -0.3 is 24.8 Å². The molecular formula is C27H37ClN2O6. The van der Waals surface area contributed by atoms with Crippen molar-refractivity contribution in [3.05, 3.63) is 63.5 Å². The van der Waals surface area contributed by atoms with Crippen molar-refractivity contribution in [1.29, 1.82) is 0 Å². The van der Waals surface area contributed by atoms with E-state index in [1.807, 2.05) is 31.2 Å². The van der Waals surface area contributed by atoms with Crippen molar-refractivity contribution in [2.24, 2.45) is 0 Å². The zero-order valence-electron chi connectivity index (χ0n) is 21.9. The summed E-state index contributed by atoms with van der Waals surface area (Å²) >= 11 is 0. The zero-order valence-corrected chi connectivity index (χ0v) is 22.7. The number of halogens is 1. The Morgan fingerprint density at radius 3 is 2.19 bits per heavy atom. The Bertz CT molecular complexity index is 1040. The number of hydrogen-bond acceptors (Lipinski definition) is 8. The largest absolute Gasteiger partial charge is 0.463 e. The minimum Gasteiger partial charge on any atom is -0.463 e. The highest BCUT2D eigenvalue weighted by Gasteiger charge is 2.39. The summed E-state index contributed by atoms with van der Waals surface area (Å²) in [5, 5.41) is 6.27. The van der Waals surface area contributed by atoms with Gasteiger partial charge in [-0.3, -0.25) is 0 Å². The van der Waals surface area contributed by atoms with Crippen LogP contribution in [-0.4, -0.2) is 51.3 Å². The smallest absolute Gasteiger partial charge is 0.336 e. The summed E-state index contributed by atoms with van der Waals surface area (Å²) < 4.78 is 16.0. The number of nitrogens with one attached hydrogen (secondary N) is 2. The second-order valence-electron chi connectivity index (χ2n) is 8.05. The van der Waals surface area contributed by atoms with Crippen LogP contribution in [0.1, 0.15) is 58.1 Å². The molecule has 8 nitrogen and oxygen atoms in total. The predicted octanol–water partition coefficient (Wildman–Crippen LogP) is 4.03. The highest BCUT2D eigenvalue weighted by Crippen LogP contribution is 2.41. The van der Waals surface area contributed by atoms with Crippen LogP contribution >= 0.6 is 12.4 Å². The summed E-state index contributed by atoms with van der Waals surface area (Å²) in [6.45, 7) is 9.91. The van der Waals surface area contributed by atoms with Crippen molar-refractivity contribution in [2.75, 3.05) is 33.4 Å². The maximum atomic E-state index is 13.2. The average Bonchev–Trinajstić information content (AvgIpc) is 2.82. The Balaban J connectivity index is 0.00000648. The first kappa shape index (κ1) is 30.9. The lowest BCUT2D eigenvalue weighted by Gasteiger charge is -2.32. The third kappa shape index (κ3) is 7.45. The molecule has 0 saturated carbocycles. The fraction of sp³-hybridized carbons (Fsp3) is 0.444. The molecule has 198 valence electrons. The molecule has 1 atom stereocenters. The molecule has 2 N–H and O–H groups in total. The lowest BCUT2D eigenvalue weighted by Crippen LogP contribution is -2.36. The Hall–Kier alpha value is -3.10. The molecule has 1 aromatic carbocycles. The number of ether oxygens (including phenoxy) is 3. The number of carbonyl (C=O) groups excluding carboxylic acids is 3. The molecule has 0 spiro atoms. The zero-order chi connectivity index (χ0) is 26.0. The first-order valence-corrected chi connectivity index (χ1v) is 11.9. The molecule has 1 unspecified atom stereocenters. The molecule has 2 rings (SSSR count). The molecule has 1 aliphatic heterocycles. The second-order valence-corrected chi connectivity index (χ2v) is 8.05. The molecule has 0 saturated heterocycles. The van der Waals surface area contributed by atoms with Gasteiger partial charge in [-0.1, -0.05) is 31.2 Å². The summed E-state index contributed by atoms with van der Waals surface area (Å²) in [6, 6.07) is 7.35. The van der Waals surface area contributed by atoms with Gasteiger partial charge in [0.1, 0.15) is 0 Å². The fourth-order valence-electron chi connectivity index (χ4n) is 3.96. The average molecular weight is 521 g/mol. The second kappa shape index (κ2) is 15.1. The van der Waals surface area contributed by atoms with Crippen LogP contribution in [0, 0.1) is 0 Å². The molecule has 1 aliphatic rings. The maximum Gasteiger partial charge on any atom is 0.336 e. The van der Waals surface area contributed by atoms with E-state index >= 15 is 0 Å². The molecule has 0 fully saturated rings. The SMILES string of the molecule is CCCOC(=O)/C(C)=C/c1ccccc1C1C(C(=O)OCC)=C(C)NC(CNC)=C1C(=O)OCC.Cl. The van der Waals surface area contributed by atoms with Crippen molar-refractivity contribution >= 4 is 36.4 Å². The van der Waals surface area contributed by atoms with Crippen molar-refractivity contribution in [1.82, 2.24) is 10.6 Å². The van der Waals surface area contributed by atoms with Crippen LogP contribution in [0.2, 0.25) is 0 Å². The minimum absolute atomic E-state index is 0. The fourth-order valence-corrected chi connectivity index (χ4v) is 3.96. The standard InChI is InChI=1S/C27H36N2O6.ClH/c1-7-14-35-25(30)17(4)15-19-12-10-11-13-20(19)23-22(26(31)33-8-2)18(5)29-21(16-28-6)24(23)27(32)34-9-3;/h10-13,15,23,28-29H,7-9,14,16H2,1-6H3;1H/b17-15+;. The molecule has 0 radical (unpaired) electrons. The van der Waals surface area contributed by atoms with Crippen molar-refractivity contribution in [3.63, 3.8) is 0 Å². The lowest BCUT2D eigenvalue weighted by molar-refractivity contribution is -0.140. The van der Waals surface area contributed by atoms with Crippen LogP contribution in [0.25, 0.3) is 6.08 Å². The Morgan fingerprint density at radius 1 is 1.00 bits per heavy atom. The maximum absolute atomic E-state index is 13.2. The Morgan fingerprint density at radius 2 is 1.61 bits per heavy atom. The van der Waals surface area contributed by atoms with E-state index in [2.05, 4.69) is 10.6 Å². The van der Waals surface area contributed by atoms with Crippen molar-refractivity contribution in [3.8, 4) is 0 Å². The van der Waals surface area contributed by atoms with E-state index in [0.717, 1.165) is 6.42 Å². The van der Waals surface area contributed by atoms with E-state index in [1.54, 1.807) is 40.8 Å². The summed E-state index contributed by atoms with van der Waals surface area (Å²) in [6.07, 6.45) is 2.44. The summed E-state index contributed by atoms with van der Waals surface area (Å²) in [5.41, 5.74) is 3.62. The molecule has 1 heterocycles. The van der Waals surface area contributed by atoms with Crippen LogP contribution in [0.4, 0.5) is 0 Å². The first-order valence-electron chi connectivity index (χ1n) is 11.9. The molecule has 0 aromatic heterocycles. The number of carbonyl (C=O) groups is 3. The third-order valence-corrected chi connectivity index (χ3v) is 5.43. The van der Waals surface area contributed by atoms with E-state index in [1.165, 1.54) is 0 Å². The van der Waals surface area contributed by atoms with Gasteiger partial charge in [-0.05, 0) is 58.4 Å². The van der Waals surface area contributed by atoms with E-state index in [4.69, 9.17) is 14.2 Å². The van der Waals surface area contributed by atoms with Gasteiger partial charge in [0.25, 0.3) is 0 Å². The summed E-state index contributed by atoms with van der Waals surface area (Å²) in [5.74, 6) is -2.22. The molecule has 9 heteroatoms. The highest BCUT2D eigenvalue weighted by atomic mass is 35.5. The van der Waals surface area contributed by atoms with Crippen LogP contribution in [0.5, 0.6) is 0 Å². The minimum atomic E-state index is -0.760. The van der Waals surface area contributed by atoms with Crippen molar-refractivity contribution < 1.29 is 28.6 Å². The van der Waals surface area contributed by atoms with E-state index in [0.29, 0.717) is 52.4 Å². The number of hydrogen-bond donors (Lipinski definition) is 2. The van der Waals surface area contributed by atoms with Gasteiger partial charge in [0, 0.05) is 23.5 Å². The molecular weight excluding hydrogens is 484 g/mol. The van der Waals surface area contributed by atoms with Gasteiger partial charge in [-0.25, -0.2) is 14.4 Å². The quantitative estimate of drug-likeness (QED) is 0.256. The predicted molar refractivity (Wildman–Crippen MR) is 141 cm³/mol. The number of esters is 3. The molecule has 0 bridgehead atoms. The van der Waals surface area contributed by atoms with Gasteiger partial charge in [0.05, 0.1) is 36.9 Å². The summed E-state index contributed by atoms with van der Waals surface area (Å²) in [4.78, 5) is 38.8. The molecule has 0 amide bonds. The third-order valence-electron chi connectivity index (χ3n) is 5.43. The number of dihydropyridines is 1. The Labute approximate surface area is 219 Å². The van der Waals surface area contributed by atoms with Crippen LogP contribution in [0.3, 0.4) is 0 Å². The summed E-state index contributed by atoms with van der Waals surface area (Å²) in [7, 11) is 1.77. The molecule has 36 heavy (non-hydrogen) atoms. The highest BCUT2D eigenvalue weighted by molar-refractivity contribution is 6.00. The number of likely N-dealkylation sites (N-methyl/N-ethyl adjacent to an activating group) is 1. The topological polar surface area (TPSA) is 103 Å². The van der Waals surface area contributed by atoms with Crippen LogP contribution in [0.15, 0.2) is 52.4 Å². The van der Waals surface area contributed by atoms with Gasteiger partial charge >= 0.3 is 17.9 Å². The van der Waals surface area contributed by atoms with E-state index in [9.17, 15) is 14.4 Å². The van der Waals surface area contributed by atoms with Gasteiger partial charge in [-0.2, -0.15) is 0 Å². The molecule has 0 aliphatic carbocycles. The van der Waals surface area contributed by atoms with E-state index in [-0.39, 0.29) is 25.6 Å². The number of benzene rings is 1. The van der Waals surface area contributed by atoms with Crippen molar-refractivity contribution in [2.45, 2.75) is 47.0 Å². The molecule has 1 aromatic rings. The van der Waals surface area contributed by atoms with Crippen LogP contribution in [-0.2, 0) is 28.6 Å². The van der Waals surface area contributed by atoms with Gasteiger partial charge in [0.2, 0.25) is 0 Å². The number of allylic oxidation sites excluding steroid dienone is 1. The lowest BCUT2D eigenvalue weighted by atomic mass is 9.78. The Kier molecular flexibility index (Phi) is 13.0. The van der Waals surface area contributed by atoms with E-state index < -0.39 is 23.8 Å². The van der Waals surface area contributed by atoms with Gasteiger partial charge in [-0.15, -0.1) is 12.4 Å². The first-order chi connectivity index (χ1) is 16.8.